The van der Waals surface area contributed by atoms with E-state index >= 15 is 0 Å². The fraction of sp³-hybridized carbons (Fsp3) is 0.900. The van der Waals surface area contributed by atoms with Crippen molar-refractivity contribution in [1.82, 2.24) is 4.90 Å². The molecule has 1 aliphatic rings. The Hall–Kier alpha value is -0.590. The molecule has 0 aromatic carbocycles. The van der Waals surface area contributed by atoms with E-state index in [4.69, 9.17) is 5.26 Å². The Balaban J connectivity index is 2.71. The Morgan fingerprint density at radius 3 is 2.77 bits per heavy atom. The Labute approximate surface area is 80.0 Å². The predicted octanol–water partition coefficient (Wildman–Crippen LogP) is 0.993. The number of rotatable bonds is 3. The summed E-state index contributed by atoms with van der Waals surface area (Å²) >= 11 is 0. The minimum atomic E-state index is -0.116. The second-order valence-corrected chi connectivity index (χ2v) is 4.04. The fourth-order valence-electron chi connectivity index (χ4n) is 2.31. The molecule has 1 aliphatic heterocycles. The van der Waals surface area contributed by atoms with Gasteiger partial charge in [0.25, 0.3) is 0 Å². The molecule has 0 aromatic rings. The van der Waals surface area contributed by atoms with Gasteiger partial charge in [0.15, 0.2) is 0 Å². The summed E-state index contributed by atoms with van der Waals surface area (Å²) in [6.07, 6.45) is 2.87. The minimum Gasteiger partial charge on any atom is -0.394 e. The van der Waals surface area contributed by atoms with E-state index in [1.165, 1.54) is 0 Å². The van der Waals surface area contributed by atoms with E-state index in [2.05, 4.69) is 17.9 Å². The maximum Gasteiger partial charge on any atom is 0.0670 e. The third-order valence-electron chi connectivity index (χ3n) is 3.12. The number of nitriles is 1. The SMILES string of the molecule is CCC[C@@]1(CO)CC(C#N)CN1C. The molecule has 3 nitrogen and oxygen atoms in total. The van der Waals surface area contributed by atoms with E-state index in [1.807, 2.05) is 7.05 Å². The predicted molar refractivity (Wildman–Crippen MR) is 51.1 cm³/mol. The summed E-state index contributed by atoms with van der Waals surface area (Å²) in [6, 6.07) is 2.29. The summed E-state index contributed by atoms with van der Waals surface area (Å²) in [5.41, 5.74) is -0.116. The Bertz CT molecular complexity index is 211. The highest BCUT2D eigenvalue weighted by atomic mass is 16.3. The maximum atomic E-state index is 9.38. The van der Waals surface area contributed by atoms with Crippen LogP contribution >= 0.6 is 0 Å². The Kier molecular flexibility index (Phi) is 3.29. The van der Waals surface area contributed by atoms with Gasteiger partial charge >= 0.3 is 0 Å². The minimum absolute atomic E-state index is 0.101. The molecule has 1 rings (SSSR count). The van der Waals surface area contributed by atoms with Crippen molar-refractivity contribution >= 4 is 0 Å². The smallest absolute Gasteiger partial charge is 0.0670 e. The summed E-state index contributed by atoms with van der Waals surface area (Å²) in [4.78, 5) is 2.14. The lowest BCUT2D eigenvalue weighted by Gasteiger charge is -2.33. The van der Waals surface area contributed by atoms with Gasteiger partial charge in [0.2, 0.25) is 0 Å². The molecule has 0 radical (unpaired) electrons. The van der Waals surface area contributed by atoms with Gasteiger partial charge in [0.05, 0.1) is 18.6 Å². The number of aliphatic hydroxyl groups excluding tert-OH is 1. The molecule has 0 aromatic heterocycles. The molecule has 1 heterocycles. The first-order chi connectivity index (χ1) is 6.18. The lowest BCUT2D eigenvalue weighted by Crippen LogP contribution is -2.44. The Morgan fingerprint density at radius 1 is 1.69 bits per heavy atom. The Morgan fingerprint density at radius 2 is 2.38 bits per heavy atom. The van der Waals surface area contributed by atoms with E-state index in [0.29, 0.717) is 0 Å². The summed E-state index contributed by atoms with van der Waals surface area (Å²) in [6.45, 7) is 3.09. The average molecular weight is 182 g/mol. The summed E-state index contributed by atoms with van der Waals surface area (Å²) in [7, 11) is 2.00. The maximum absolute atomic E-state index is 9.38. The van der Waals surface area contributed by atoms with Gasteiger partial charge in [-0.2, -0.15) is 5.26 Å². The normalized spacial score (nSPS) is 34.8. The van der Waals surface area contributed by atoms with Crippen LogP contribution in [0.3, 0.4) is 0 Å². The summed E-state index contributed by atoms with van der Waals surface area (Å²) in [5, 5.41) is 18.2. The molecular weight excluding hydrogens is 164 g/mol. The number of hydrogen-bond acceptors (Lipinski definition) is 3. The molecule has 3 heteroatoms. The van der Waals surface area contributed by atoms with Crippen molar-refractivity contribution in [3.8, 4) is 6.07 Å². The first-order valence-corrected chi connectivity index (χ1v) is 4.90. The molecule has 1 unspecified atom stereocenters. The van der Waals surface area contributed by atoms with Crippen LogP contribution in [0.5, 0.6) is 0 Å². The van der Waals surface area contributed by atoms with Gasteiger partial charge < -0.3 is 5.11 Å². The van der Waals surface area contributed by atoms with Crippen LogP contribution in [0.4, 0.5) is 0 Å². The molecule has 13 heavy (non-hydrogen) atoms. The van der Waals surface area contributed by atoms with Crippen molar-refractivity contribution in [2.24, 2.45) is 5.92 Å². The monoisotopic (exact) mass is 182 g/mol. The van der Waals surface area contributed by atoms with E-state index in [0.717, 1.165) is 25.8 Å². The van der Waals surface area contributed by atoms with Gasteiger partial charge in [-0.05, 0) is 19.9 Å². The van der Waals surface area contributed by atoms with E-state index in [1.54, 1.807) is 0 Å². The quantitative estimate of drug-likeness (QED) is 0.708. The summed E-state index contributed by atoms with van der Waals surface area (Å²) in [5.74, 6) is 0.101. The van der Waals surface area contributed by atoms with Crippen LogP contribution in [0.1, 0.15) is 26.2 Å². The van der Waals surface area contributed by atoms with Crippen LogP contribution in [0.2, 0.25) is 0 Å². The first-order valence-electron chi connectivity index (χ1n) is 4.90. The molecule has 0 amide bonds. The van der Waals surface area contributed by atoms with Crippen LogP contribution in [-0.2, 0) is 0 Å². The van der Waals surface area contributed by atoms with Crippen LogP contribution in [0, 0.1) is 17.2 Å². The van der Waals surface area contributed by atoms with Crippen LogP contribution in [0.15, 0.2) is 0 Å². The molecule has 0 bridgehead atoms. The van der Waals surface area contributed by atoms with E-state index < -0.39 is 0 Å². The van der Waals surface area contributed by atoms with Gasteiger partial charge in [0.1, 0.15) is 0 Å². The zero-order chi connectivity index (χ0) is 9.90. The average Bonchev–Trinajstić information content (AvgIpc) is 2.45. The molecule has 1 N–H and O–H groups in total. The van der Waals surface area contributed by atoms with E-state index in [9.17, 15) is 5.11 Å². The van der Waals surface area contributed by atoms with Gasteiger partial charge in [-0.1, -0.05) is 13.3 Å². The molecule has 0 saturated carbocycles. The fourth-order valence-corrected chi connectivity index (χ4v) is 2.31. The van der Waals surface area contributed by atoms with Gasteiger partial charge in [-0.15, -0.1) is 0 Å². The molecule has 1 saturated heterocycles. The second-order valence-electron chi connectivity index (χ2n) is 4.04. The van der Waals surface area contributed by atoms with E-state index in [-0.39, 0.29) is 18.1 Å². The standard InChI is InChI=1S/C10H18N2O/c1-3-4-10(8-13)5-9(6-11)7-12(10)2/h9,13H,3-5,7-8H2,1-2H3/t9?,10-/m0/s1. The topological polar surface area (TPSA) is 47.3 Å². The summed E-state index contributed by atoms with van der Waals surface area (Å²) < 4.78 is 0. The lowest BCUT2D eigenvalue weighted by atomic mass is 9.89. The second kappa shape index (κ2) is 4.08. The molecule has 0 spiro atoms. The van der Waals surface area contributed by atoms with Crippen molar-refractivity contribution in [3.63, 3.8) is 0 Å². The van der Waals surface area contributed by atoms with Crippen molar-refractivity contribution in [2.75, 3.05) is 20.2 Å². The number of aliphatic hydroxyl groups is 1. The highest BCUT2D eigenvalue weighted by Crippen LogP contribution is 2.34. The van der Waals surface area contributed by atoms with Crippen molar-refractivity contribution in [2.45, 2.75) is 31.7 Å². The van der Waals surface area contributed by atoms with Gasteiger partial charge in [0, 0.05) is 12.1 Å². The van der Waals surface area contributed by atoms with Crippen LogP contribution < -0.4 is 0 Å². The van der Waals surface area contributed by atoms with Crippen molar-refractivity contribution in [3.05, 3.63) is 0 Å². The number of hydrogen-bond donors (Lipinski definition) is 1. The lowest BCUT2D eigenvalue weighted by molar-refractivity contribution is 0.0753. The molecule has 2 atom stereocenters. The molecular formula is C10H18N2O. The first kappa shape index (κ1) is 10.5. The number of nitrogens with zero attached hydrogens (tertiary/aromatic N) is 2. The largest absolute Gasteiger partial charge is 0.394 e. The number of likely N-dealkylation sites (tertiary alicyclic amines) is 1. The van der Waals surface area contributed by atoms with Crippen LogP contribution in [0.25, 0.3) is 0 Å². The highest BCUT2D eigenvalue weighted by Gasteiger charge is 2.42. The van der Waals surface area contributed by atoms with Crippen LogP contribution in [-0.4, -0.2) is 35.7 Å². The zero-order valence-electron chi connectivity index (χ0n) is 8.45. The van der Waals surface area contributed by atoms with Gasteiger partial charge in [-0.3, -0.25) is 4.90 Å². The molecule has 1 fully saturated rings. The zero-order valence-corrected chi connectivity index (χ0v) is 8.45. The molecule has 74 valence electrons. The third kappa shape index (κ3) is 1.84. The third-order valence-corrected chi connectivity index (χ3v) is 3.12. The highest BCUT2D eigenvalue weighted by molar-refractivity contribution is 5.03. The van der Waals surface area contributed by atoms with Crippen molar-refractivity contribution < 1.29 is 5.11 Å². The molecule has 0 aliphatic carbocycles. The van der Waals surface area contributed by atoms with Crippen molar-refractivity contribution in [1.29, 1.82) is 5.26 Å². The van der Waals surface area contributed by atoms with Gasteiger partial charge in [-0.25, -0.2) is 0 Å². The number of likely N-dealkylation sites (N-methyl/N-ethyl adjacent to an activating group) is 1.